The lowest BCUT2D eigenvalue weighted by molar-refractivity contribution is 0.506. The third-order valence-electron chi connectivity index (χ3n) is 2.60. The molecule has 2 aromatic carbocycles. The first-order chi connectivity index (χ1) is 8.49. The van der Waals surface area contributed by atoms with E-state index < -0.39 is 17.7 Å². The highest BCUT2D eigenvalue weighted by atomic mass is 127. The zero-order valence-corrected chi connectivity index (χ0v) is 12.0. The second-order valence-electron chi connectivity index (χ2n) is 3.82. The van der Waals surface area contributed by atoms with Crippen LogP contribution in [0.2, 0.25) is 5.02 Å². The predicted octanol–water partition coefficient (Wildman–Crippen LogP) is 4.27. The zero-order chi connectivity index (χ0) is 13.3. The average Bonchev–Trinajstić information content (AvgIpc) is 2.35. The minimum absolute atomic E-state index is 0.508. The minimum Gasteiger partial charge on any atom is -0.320 e. The third kappa shape index (κ3) is 2.81. The summed E-state index contributed by atoms with van der Waals surface area (Å²) in [6.45, 7) is 0. The van der Waals surface area contributed by atoms with Gasteiger partial charge in [0.1, 0.15) is 0 Å². The van der Waals surface area contributed by atoms with E-state index in [1.807, 2.05) is 6.07 Å². The lowest BCUT2D eigenvalue weighted by Crippen LogP contribution is -2.13. The van der Waals surface area contributed by atoms with E-state index in [0.717, 1.165) is 21.3 Å². The van der Waals surface area contributed by atoms with Crippen molar-refractivity contribution in [2.75, 3.05) is 0 Å². The molecule has 0 radical (unpaired) electrons. The number of halogens is 4. The fraction of sp³-hybridized carbons (Fsp3) is 0.0769. The maximum Gasteiger partial charge on any atom is 0.159 e. The highest BCUT2D eigenvalue weighted by Crippen LogP contribution is 2.27. The van der Waals surface area contributed by atoms with E-state index in [1.54, 1.807) is 12.1 Å². The van der Waals surface area contributed by atoms with Crippen LogP contribution in [0.1, 0.15) is 17.2 Å². The molecule has 0 fully saturated rings. The Morgan fingerprint density at radius 3 is 2.44 bits per heavy atom. The van der Waals surface area contributed by atoms with Gasteiger partial charge in [0.25, 0.3) is 0 Å². The summed E-state index contributed by atoms with van der Waals surface area (Å²) < 4.78 is 27.0. The van der Waals surface area contributed by atoms with Gasteiger partial charge in [-0.1, -0.05) is 17.7 Å². The first kappa shape index (κ1) is 13.7. The van der Waals surface area contributed by atoms with Crippen LogP contribution in [0.4, 0.5) is 8.78 Å². The van der Waals surface area contributed by atoms with Gasteiger partial charge in [-0.3, -0.25) is 0 Å². The molecular formula is C13H9ClF2IN. The molecule has 18 heavy (non-hydrogen) atoms. The molecule has 1 atom stereocenters. The van der Waals surface area contributed by atoms with Gasteiger partial charge in [0.05, 0.1) is 6.04 Å². The topological polar surface area (TPSA) is 26.0 Å². The van der Waals surface area contributed by atoms with Crippen LogP contribution < -0.4 is 5.73 Å². The Kier molecular flexibility index (Phi) is 4.19. The number of hydrogen-bond donors (Lipinski definition) is 1. The van der Waals surface area contributed by atoms with Crippen LogP contribution in [0.25, 0.3) is 0 Å². The molecule has 0 heterocycles. The number of benzene rings is 2. The van der Waals surface area contributed by atoms with Crippen molar-refractivity contribution in [3.8, 4) is 0 Å². The monoisotopic (exact) mass is 379 g/mol. The van der Waals surface area contributed by atoms with Crippen LogP contribution in [0.15, 0.2) is 36.4 Å². The second-order valence-corrected chi connectivity index (χ2v) is 5.42. The maximum absolute atomic E-state index is 13.2. The second kappa shape index (κ2) is 5.50. The van der Waals surface area contributed by atoms with Crippen LogP contribution >= 0.6 is 34.2 Å². The minimum atomic E-state index is -0.903. The molecule has 2 aromatic rings. The summed E-state index contributed by atoms with van der Waals surface area (Å²) in [5, 5.41) is 0.559. The van der Waals surface area contributed by atoms with Gasteiger partial charge in [-0.15, -0.1) is 0 Å². The molecule has 2 N–H and O–H groups in total. The van der Waals surface area contributed by atoms with Crippen molar-refractivity contribution in [1.29, 1.82) is 0 Å². The van der Waals surface area contributed by atoms with Crippen LogP contribution in [0, 0.1) is 15.2 Å². The SMILES string of the molecule is NC(c1ccc(F)c(F)c1)c1cc(Cl)ccc1I. The van der Waals surface area contributed by atoms with Crippen molar-refractivity contribution in [2.24, 2.45) is 5.73 Å². The quantitative estimate of drug-likeness (QED) is 0.775. The number of rotatable bonds is 2. The van der Waals surface area contributed by atoms with E-state index in [1.165, 1.54) is 6.07 Å². The van der Waals surface area contributed by atoms with Gasteiger partial charge in [0.15, 0.2) is 11.6 Å². The smallest absolute Gasteiger partial charge is 0.159 e. The normalized spacial score (nSPS) is 12.5. The zero-order valence-electron chi connectivity index (χ0n) is 9.13. The summed E-state index contributed by atoms with van der Waals surface area (Å²) in [7, 11) is 0. The molecule has 0 aliphatic heterocycles. The fourth-order valence-electron chi connectivity index (χ4n) is 1.64. The Labute approximate surface area is 122 Å². The number of nitrogens with two attached hydrogens (primary N) is 1. The summed E-state index contributed by atoms with van der Waals surface area (Å²) in [6, 6.07) is 8.43. The van der Waals surface area contributed by atoms with Gasteiger partial charge in [-0.2, -0.15) is 0 Å². The predicted molar refractivity (Wildman–Crippen MR) is 76.6 cm³/mol. The van der Waals surface area contributed by atoms with E-state index in [2.05, 4.69) is 22.6 Å². The molecule has 94 valence electrons. The summed E-state index contributed by atoms with van der Waals surface area (Å²) in [6.07, 6.45) is 0. The van der Waals surface area contributed by atoms with Gasteiger partial charge in [-0.25, -0.2) is 8.78 Å². The molecule has 0 amide bonds. The van der Waals surface area contributed by atoms with Crippen molar-refractivity contribution in [2.45, 2.75) is 6.04 Å². The highest BCUT2D eigenvalue weighted by Gasteiger charge is 2.14. The molecule has 5 heteroatoms. The van der Waals surface area contributed by atoms with E-state index >= 15 is 0 Å². The van der Waals surface area contributed by atoms with E-state index in [-0.39, 0.29) is 0 Å². The highest BCUT2D eigenvalue weighted by molar-refractivity contribution is 14.1. The van der Waals surface area contributed by atoms with Crippen molar-refractivity contribution in [1.82, 2.24) is 0 Å². The molecule has 0 saturated carbocycles. The van der Waals surface area contributed by atoms with Crippen LogP contribution in [-0.2, 0) is 0 Å². The Balaban J connectivity index is 2.44. The molecule has 0 saturated heterocycles. The van der Waals surface area contributed by atoms with Crippen molar-refractivity contribution in [3.05, 3.63) is 67.8 Å². The van der Waals surface area contributed by atoms with Gasteiger partial charge >= 0.3 is 0 Å². The Morgan fingerprint density at radius 1 is 1.06 bits per heavy atom. The number of hydrogen-bond acceptors (Lipinski definition) is 1. The van der Waals surface area contributed by atoms with Gasteiger partial charge in [-0.05, 0) is 64.0 Å². The van der Waals surface area contributed by atoms with Gasteiger partial charge in [0.2, 0.25) is 0 Å². The van der Waals surface area contributed by atoms with Crippen molar-refractivity contribution >= 4 is 34.2 Å². The molecule has 0 bridgehead atoms. The standard InChI is InChI=1S/C13H9ClF2IN/c14-8-2-4-12(17)9(6-8)13(18)7-1-3-10(15)11(16)5-7/h1-6,13H,18H2. The Bertz CT molecular complexity index is 589. The fourth-order valence-corrected chi connectivity index (χ4v) is 2.49. The first-order valence-corrected chi connectivity index (χ1v) is 6.60. The summed E-state index contributed by atoms with van der Waals surface area (Å²) in [5.41, 5.74) is 7.35. The van der Waals surface area contributed by atoms with E-state index in [9.17, 15) is 8.78 Å². The first-order valence-electron chi connectivity index (χ1n) is 5.14. The molecule has 0 spiro atoms. The lowest BCUT2D eigenvalue weighted by Gasteiger charge is -2.15. The average molecular weight is 380 g/mol. The molecule has 0 aliphatic carbocycles. The summed E-state index contributed by atoms with van der Waals surface area (Å²) in [5.74, 6) is -1.79. The molecule has 1 nitrogen and oxygen atoms in total. The van der Waals surface area contributed by atoms with Crippen LogP contribution in [0.3, 0.4) is 0 Å². The van der Waals surface area contributed by atoms with Crippen molar-refractivity contribution in [3.63, 3.8) is 0 Å². The maximum atomic E-state index is 13.2. The van der Waals surface area contributed by atoms with Crippen molar-refractivity contribution < 1.29 is 8.78 Å². The van der Waals surface area contributed by atoms with Gasteiger partial charge < -0.3 is 5.73 Å². The van der Waals surface area contributed by atoms with Gasteiger partial charge in [0, 0.05) is 8.59 Å². The Hall–Kier alpha value is -0.720. The summed E-state index contributed by atoms with van der Waals surface area (Å²) in [4.78, 5) is 0. The third-order valence-corrected chi connectivity index (χ3v) is 3.81. The summed E-state index contributed by atoms with van der Waals surface area (Å²) >= 11 is 8.04. The van der Waals surface area contributed by atoms with Crippen LogP contribution in [-0.4, -0.2) is 0 Å². The van der Waals surface area contributed by atoms with Crippen LogP contribution in [0.5, 0.6) is 0 Å². The molecule has 0 aliphatic rings. The molecular weight excluding hydrogens is 371 g/mol. The lowest BCUT2D eigenvalue weighted by atomic mass is 9.99. The van der Waals surface area contributed by atoms with E-state index in [4.69, 9.17) is 17.3 Å². The van der Waals surface area contributed by atoms with E-state index in [0.29, 0.717) is 10.6 Å². The molecule has 2 rings (SSSR count). The largest absolute Gasteiger partial charge is 0.320 e. The Morgan fingerprint density at radius 2 is 1.78 bits per heavy atom. The molecule has 1 unspecified atom stereocenters. The molecule has 0 aromatic heterocycles.